The Morgan fingerprint density at radius 1 is 1.31 bits per heavy atom. The van der Waals surface area contributed by atoms with Gasteiger partial charge in [-0.3, -0.25) is 24.3 Å². The molecule has 9 nitrogen and oxygen atoms in total. The van der Waals surface area contributed by atoms with Gasteiger partial charge in [0.2, 0.25) is 5.91 Å². The number of hydrogen-bond donors (Lipinski definition) is 1. The lowest BCUT2D eigenvalue weighted by Gasteiger charge is -2.11. The van der Waals surface area contributed by atoms with Gasteiger partial charge in [0.1, 0.15) is 17.9 Å². The molecule has 26 heavy (non-hydrogen) atoms. The topological polar surface area (TPSA) is 108 Å². The number of anilines is 1. The van der Waals surface area contributed by atoms with E-state index in [1.165, 1.54) is 17.8 Å². The van der Waals surface area contributed by atoms with Crippen molar-refractivity contribution in [2.24, 2.45) is 0 Å². The fraction of sp³-hybridized carbons (Fsp3) is 0.235. The van der Waals surface area contributed by atoms with Crippen molar-refractivity contribution in [3.05, 3.63) is 70.3 Å². The second-order valence-electron chi connectivity index (χ2n) is 5.91. The minimum Gasteiger partial charge on any atom is -0.322 e. The van der Waals surface area contributed by atoms with Gasteiger partial charge in [0.25, 0.3) is 0 Å². The SMILES string of the molecule is Cc1nn(C(C)C(=O)Nc2cnn(Cc3ccccc3)c2)cc1[N+](=O)[O-]. The highest BCUT2D eigenvalue weighted by Crippen LogP contribution is 2.19. The number of nitrogens with one attached hydrogen (secondary N) is 1. The highest BCUT2D eigenvalue weighted by molar-refractivity contribution is 5.93. The Morgan fingerprint density at radius 3 is 2.69 bits per heavy atom. The van der Waals surface area contributed by atoms with E-state index in [0.29, 0.717) is 12.2 Å². The fourth-order valence-corrected chi connectivity index (χ4v) is 2.50. The molecule has 0 aliphatic carbocycles. The Labute approximate surface area is 149 Å². The van der Waals surface area contributed by atoms with E-state index in [-0.39, 0.29) is 17.3 Å². The summed E-state index contributed by atoms with van der Waals surface area (Å²) in [5.74, 6) is -0.332. The lowest BCUT2D eigenvalue weighted by Crippen LogP contribution is -2.24. The summed E-state index contributed by atoms with van der Waals surface area (Å²) >= 11 is 0. The fourth-order valence-electron chi connectivity index (χ4n) is 2.50. The van der Waals surface area contributed by atoms with Gasteiger partial charge in [0.05, 0.1) is 23.4 Å². The van der Waals surface area contributed by atoms with Crippen molar-refractivity contribution < 1.29 is 9.72 Å². The van der Waals surface area contributed by atoms with Crippen LogP contribution in [0.2, 0.25) is 0 Å². The number of hydrogen-bond acceptors (Lipinski definition) is 5. The molecule has 0 bridgehead atoms. The number of carbonyl (C=O) groups is 1. The minimum absolute atomic E-state index is 0.111. The second kappa shape index (κ2) is 7.18. The minimum atomic E-state index is -0.695. The number of rotatable bonds is 6. The van der Waals surface area contributed by atoms with E-state index in [2.05, 4.69) is 15.5 Å². The van der Waals surface area contributed by atoms with Gasteiger partial charge < -0.3 is 5.32 Å². The first-order valence-corrected chi connectivity index (χ1v) is 8.01. The molecule has 0 saturated heterocycles. The van der Waals surface area contributed by atoms with Crippen molar-refractivity contribution >= 4 is 17.3 Å². The van der Waals surface area contributed by atoms with E-state index in [1.54, 1.807) is 24.0 Å². The molecule has 1 amide bonds. The van der Waals surface area contributed by atoms with Crippen LogP contribution in [0.3, 0.4) is 0 Å². The van der Waals surface area contributed by atoms with E-state index in [9.17, 15) is 14.9 Å². The summed E-state index contributed by atoms with van der Waals surface area (Å²) in [5, 5.41) is 21.9. The van der Waals surface area contributed by atoms with E-state index in [1.807, 2.05) is 30.3 Å². The lowest BCUT2D eigenvalue weighted by atomic mass is 10.2. The summed E-state index contributed by atoms with van der Waals surface area (Å²) in [6.07, 6.45) is 4.55. The third kappa shape index (κ3) is 3.77. The predicted molar refractivity (Wildman–Crippen MR) is 94.7 cm³/mol. The molecule has 3 aromatic rings. The van der Waals surface area contributed by atoms with Crippen LogP contribution in [0.25, 0.3) is 0 Å². The van der Waals surface area contributed by atoms with Gasteiger partial charge in [-0.05, 0) is 19.4 Å². The maximum Gasteiger partial charge on any atom is 0.309 e. The Balaban J connectivity index is 1.66. The first-order valence-electron chi connectivity index (χ1n) is 8.01. The smallest absolute Gasteiger partial charge is 0.309 e. The summed E-state index contributed by atoms with van der Waals surface area (Å²) in [6, 6.07) is 9.15. The lowest BCUT2D eigenvalue weighted by molar-refractivity contribution is -0.385. The third-order valence-electron chi connectivity index (χ3n) is 3.95. The summed E-state index contributed by atoms with van der Waals surface area (Å²) in [6.45, 7) is 3.75. The normalized spacial score (nSPS) is 11.9. The number of nitro groups is 1. The van der Waals surface area contributed by atoms with Crippen LogP contribution in [0.1, 0.15) is 24.2 Å². The van der Waals surface area contributed by atoms with Crippen molar-refractivity contribution in [2.75, 3.05) is 5.32 Å². The molecule has 1 unspecified atom stereocenters. The number of nitrogens with zero attached hydrogens (tertiary/aromatic N) is 5. The first-order chi connectivity index (χ1) is 12.4. The van der Waals surface area contributed by atoms with Crippen LogP contribution in [0.4, 0.5) is 11.4 Å². The van der Waals surface area contributed by atoms with Crippen LogP contribution in [-0.2, 0) is 11.3 Å². The van der Waals surface area contributed by atoms with Gasteiger partial charge in [-0.2, -0.15) is 10.2 Å². The first kappa shape index (κ1) is 17.3. The van der Waals surface area contributed by atoms with Crippen molar-refractivity contribution in [3.8, 4) is 0 Å². The maximum absolute atomic E-state index is 12.4. The zero-order valence-electron chi connectivity index (χ0n) is 14.4. The quantitative estimate of drug-likeness (QED) is 0.540. The van der Waals surface area contributed by atoms with E-state index >= 15 is 0 Å². The van der Waals surface area contributed by atoms with E-state index in [0.717, 1.165) is 5.56 Å². The molecule has 0 spiro atoms. The summed E-state index contributed by atoms with van der Waals surface area (Å²) in [4.78, 5) is 22.8. The highest BCUT2D eigenvalue weighted by atomic mass is 16.6. The summed E-state index contributed by atoms with van der Waals surface area (Å²) < 4.78 is 3.01. The molecule has 0 saturated carbocycles. The van der Waals surface area contributed by atoms with Gasteiger partial charge in [0, 0.05) is 6.20 Å². The van der Waals surface area contributed by atoms with Crippen LogP contribution in [0, 0.1) is 17.0 Å². The number of aromatic nitrogens is 4. The molecular weight excluding hydrogens is 336 g/mol. The monoisotopic (exact) mass is 354 g/mol. The Kier molecular flexibility index (Phi) is 4.78. The van der Waals surface area contributed by atoms with Gasteiger partial charge in [-0.15, -0.1) is 0 Å². The third-order valence-corrected chi connectivity index (χ3v) is 3.95. The molecule has 0 fully saturated rings. The molecule has 134 valence electrons. The van der Waals surface area contributed by atoms with Crippen LogP contribution in [0.5, 0.6) is 0 Å². The molecule has 1 atom stereocenters. The van der Waals surface area contributed by atoms with Crippen LogP contribution in [0.15, 0.2) is 48.9 Å². The van der Waals surface area contributed by atoms with Crippen molar-refractivity contribution in [2.45, 2.75) is 26.4 Å². The maximum atomic E-state index is 12.4. The number of carbonyl (C=O) groups excluding carboxylic acids is 1. The van der Waals surface area contributed by atoms with E-state index < -0.39 is 11.0 Å². The van der Waals surface area contributed by atoms with Gasteiger partial charge in [-0.1, -0.05) is 30.3 Å². The Bertz CT molecular complexity index is 931. The molecule has 1 aromatic carbocycles. The molecule has 2 heterocycles. The van der Waals surface area contributed by atoms with Crippen molar-refractivity contribution in [1.82, 2.24) is 19.6 Å². The molecule has 0 aliphatic rings. The summed E-state index contributed by atoms with van der Waals surface area (Å²) in [7, 11) is 0. The molecule has 2 aromatic heterocycles. The molecule has 3 rings (SSSR count). The van der Waals surface area contributed by atoms with Crippen molar-refractivity contribution in [3.63, 3.8) is 0 Å². The van der Waals surface area contributed by atoms with E-state index in [4.69, 9.17) is 0 Å². The average Bonchev–Trinajstić information content (AvgIpc) is 3.21. The molecule has 1 N–H and O–H groups in total. The Hall–Kier alpha value is -3.49. The van der Waals surface area contributed by atoms with Crippen LogP contribution >= 0.6 is 0 Å². The second-order valence-corrected chi connectivity index (χ2v) is 5.91. The molecule has 9 heteroatoms. The largest absolute Gasteiger partial charge is 0.322 e. The molecular formula is C17H18N6O3. The van der Waals surface area contributed by atoms with Crippen LogP contribution in [-0.4, -0.2) is 30.4 Å². The molecule has 0 aliphatic heterocycles. The number of amides is 1. The number of benzene rings is 1. The zero-order valence-corrected chi connectivity index (χ0v) is 14.4. The van der Waals surface area contributed by atoms with Gasteiger partial charge in [0.15, 0.2) is 0 Å². The van der Waals surface area contributed by atoms with Gasteiger partial charge >= 0.3 is 5.69 Å². The van der Waals surface area contributed by atoms with Gasteiger partial charge in [-0.25, -0.2) is 0 Å². The zero-order chi connectivity index (χ0) is 18.7. The molecule has 0 radical (unpaired) electrons. The van der Waals surface area contributed by atoms with Crippen LogP contribution < -0.4 is 5.32 Å². The van der Waals surface area contributed by atoms with Crippen molar-refractivity contribution in [1.29, 1.82) is 0 Å². The average molecular weight is 354 g/mol. The standard InChI is InChI=1S/C17H18N6O3/c1-12-16(23(25)26)11-22(20-12)13(2)17(24)19-15-8-18-21(10-15)9-14-6-4-3-5-7-14/h3-8,10-11,13H,9H2,1-2H3,(H,19,24). The Morgan fingerprint density at radius 2 is 2.04 bits per heavy atom. The highest BCUT2D eigenvalue weighted by Gasteiger charge is 2.22. The number of aryl methyl sites for hydroxylation is 1. The predicted octanol–water partition coefficient (Wildman–Crippen LogP) is 2.54. The summed E-state index contributed by atoms with van der Waals surface area (Å²) in [5.41, 5.74) is 1.81.